The Morgan fingerprint density at radius 2 is 2.20 bits per heavy atom. The number of nitrogens with one attached hydrogen (secondary N) is 1. The fraction of sp³-hybridized carbons (Fsp3) is 1.00. The fourth-order valence-corrected chi connectivity index (χ4v) is 0.958. The molecule has 1 aliphatic rings. The van der Waals surface area contributed by atoms with Crippen molar-refractivity contribution in [2.75, 3.05) is 13.1 Å². The van der Waals surface area contributed by atoms with Crippen LogP contribution in [0.15, 0.2) is 0 Å². The molecular weight excluding hydrogens is 354 g/mol. The van der Waals surface area contributed by atoms with Gasteiger partial charge >= 0.3 is 35.3 Å². The number of hydrogen-bond acceptors (Lipinski definition) is 2. The Morgan fingerprint density at radius 3 is 2.40 bits per heavy atom. The molecule has 1 aliphatic heterocycles. The van der Waals surface area contributed by atoms with Crippen molar-refractivity contribution in [2.24, 2.45) is 5.73 Å². The average Bonchev–Trinajstić information content (AvgIpc) is 2.39. The minimum absolute atomic E-state index is 0.472. The van der Waals surface area contributed by atoms with Crippen LogP contribution in [-0.4, -0.2) is 19.1 Å². The molecule has 0 aliphatic carbocycles. The Hall–Kier alpha value is 1.19. The van der Waals surface area contributed by atoms with E-state index in [4.69, 9.17) is 24.6 Å². The quantitative estimate of drug-likeness (QED) is 0.729. The first-order chi connectivity index (χ1) is 4.85. The van der Waals surface area contributed by atoms with Crippen LogP contribution in [-0.2, 0) is 16.5 Å². The first-order valence-corrected chi connectivity index (χ1v) is 8.74. The fourth-order valence-electron chi connectivity index (χ4n) is 0.958. The van der Waals surface area contributed by atoms with E-state index in [1.807, 2.05) is 0 Å². The molecule has 3 N–H and O–H groups in total. The summed E-state index contributed by atoms with van der Waals surface area (Å²) in [6.07, 6.45) is 2.58. The summed E-state index contributed by atoms with van der Waals surface area (Å²) in [6.45, 7) is 1.97. The summed E-state index contributed by atoms with van der Waals surface area (Å²) in [7, 11) is 9.75. The molecule has 1 rings (SSSR count). The van der Waals surface area contributed by atoms with Crippen molar-refractivity contribution in [3.8, 4) is 0 Å². The predicted molar refractivity (Wildman–Crippen MR) is 41.8 cm³/mol. The van der Waals surface area contributed by atoms with Gasteiger partial charge in [-0.05, 0) is 19.4 Å². The second kappa shape index (κ2) is 8.29. The van der Waals surface area contributed by atoms with Gasteiger partial charge in [-0.1, -0.05) is 0 Å². The monoisotopic (exact) mass is 365 g/mol. The second-order valence-corrected chi connectivity index (χ2v) is 5.36. The first-order valence-electron chi connectivity index (χ1n) is 3.11. The molecular formula is C5H12Cl2N2Pt. The minimum atomic E-state index is -0.472. The van der Waals surface area contributed by atoms with E-state index in [0.29, 0.717) is 6.04 Å². The van der Waals surface area contributed by atoms with Gasteiger partial charge in [-0.3, -0.25) is 0 Å². The van der Waals surface area contributed by atoms with Crippen molar-refractivity contribution in [1.82, 2.24) is 5.32 Å². The van der Waals surface area contributed by atoms with Crippen LogP contribution in [0.2, 0.25) is 0 Å². The molecule has 0 spiro atoms. The van der Waals surface area contributed by atoms with E-state index in [9.17, 15) is 0 Å². The van der Waals surface area contributed by atoms with Gasteiger partial charge in [0, 0.05) is 12.6 Å². The Morgan fingerprint density at radius 1 is 1.60 bits per heavy atom. The van der Waals surface area contributed by atoms with Gasteiger partial charge in [0.15, 0.2) is 0 Å². The van der Waals surface area contributed by atoms with Crippen molar-refractivity contribution in [3.63, 3.8) is 0 Å². The van der Waals surface area contributed by atoms with Crippen LogP contribution in [0, 0.1) is 0 Å². The normalized spacial score (nSPS) is 24.1. The third kappa shape index (κ3) is 5.93. The molecule has 0 aromatic carbocycles. The molecule has 5 heteroatoms. The van der Waals surface area contributed by atoms with E-state index in [0.717, 1.165) is 6.54 Å². The van der Waals surface area contributed by atoms with E-state index >= 15 is 0 Å². The molecule has 1 atom stereocenters. The van der Waals surface area contributed by atoms with Gasteiger partial charge in [0.25, 0.3) is 0 Å². The molecule has 0 bridgehead atoms. The summed E-state index contributed by atoms with van der Waals surface area (Å²) >= 11 is -0.472. The van der Waals surface area contributed by atoms with Gasteiger partial charge in [-0.15, -0.1) is 0 Å². The summed E-state index contributed by atoms with van der Waals surface area (Å²) in [5.41, 5.74) is 5.37. The van der Waals surface area contributed by atoms with Crippen molar-refractivity contribution in [2.45, 2.75) is 18.9 Å². The third-order valence-electron chi connectivity index (χ3n) is 1.45. The Kier molecular flexibility index (Phi) is 9.27. The van der Waals surface area contributed by atoms with E-state index < -0.39 is 16.5 Å². The van der Waals surface area contributed by atoms with Gasteiger partial charge in [-0.2, -0.15) is 0 Å². The zero-order chi connectivity index (χ0) is 7.82. The van der Waals surface area contributed by atoms with E-state index in [1.54, 1.807) is 0 Å². The first kappa shape index (κ1) is 11.2. The molecule has 10 heavy (non-hydrogen) atoms. The number of rotatable bonds is 1. The molecule has 1 saturated heterocycles. The van der Waals surface area contributed by atoms with Gasteiger partial charge in [0.1, 0.15) is 0 Å². The van der Waals surface area contributed by atoms with Crippen molar-refractivity contribution in [1.29, 1.82) is 0 Å². The Bertz CT molecular complexity index is 68.7. The summed E-state index contributed by atoms with van der Waals surface area (Å²) in [5.74, 6) is 0. The number of nitrogens with two attached hydrogens (primary N) is 1. The van der Waals surface area contributed by atoms with E-state index in [2.05, 4.69) is 5.32 Å². The molecule has 1 fully saturated rings. The van der Waals surface area contributed by atoms with Crippen LogP contribution < -0.4 is 11.1 Å². The molecule has 0 saturated carbocycles. The zero-order valence-corrected chi connectivity index (χ0v) is 9.34. The van der Waals surface area contributed by atoms with Crippen LogP contribution >= 0.6 is 18.8 Å². The molecule has 0 amide bonds. The van der Waals surface area contributed by atoms with Crippen LogP contribution in [0.5, 0.6) is 0 Å². The molecule has 66 valence electrons. The van der Waals surface area contributed by atoms with Crippen LogP contribution in [0.3, 0.4) is 0 Å². The summed E-state index contributed by atoms with van der Waals surface area (Å²) in [4.78, 5) is 0. The van der Waals surface area contributed by atoms with Crippen molar-refractivity contribution in [3.05, 3.63) is 0 Å². The third-order valence-corrected chi connectivity index (χ3v) is 1.45. The van der Waals surface area contributed by atoms with E-state index in [-0.39, 0.29) is 0 Å². The van der Waals surface area contributed by atoms with Crippen LogP contribution in [0.25, 0.3) is 0 Å². The second-order valence-electron chi connectivity index (χ2n) is 2.07. The molecule has 1 unspecified atom stereocenters. The standard InChI is InChI=1S/C5H12N2.2ClH.Pt/c6-4-5-2-1-3-7-5;;;/h5,7H,1-4,6H2;2*1H;/q;;;+2/p-2. The maximum absolute atomic E-state index is 5.37. The van der Waals surface area contributed by atoms with Gasteiger partial charge in [-0.25, -0.2) is 0 Å². The number of hydrogen-bond donors (Lipinski definition) is 2. The molecule has 0 aromatic rings. The SMILES string of the molecule is NCC1CCCN1.[Cl][Pt][Cl]. The topological polar surface area (TPSA) is 38.0 Å². The van der Waals surface area contributed by atoms with Gasteiger partial charge in [0.05, 0.1) is 0 Å². The van der Waals surface area contributed by atoms with Gasteiger partial charge < -0.3 is 11.1 Å². The molecule has 0 aromatic heterocycles. The predicted octanol–water partition coefficient (Wildman–Crippen LogP) is 1.07. The van der Waals surface area contributed by atoms with Gasteiger partial charge in [0.2, 0.25) is 0 Å². The van der Waals surface area contributed by atoms with Crippen molar-refractivity contribution >= 4 is 18.8 Å². The van der Waals surface area contributed by atoms with E-state index in [1.165, 1.54) is 19.4 Å². The average molecular weight is 366 g/mol. The Balaban J connectivity index is 0.000000236. The summed E-state index contributed by atoms with van der Waals surface area (Å²) in [6, 6.07) is 0.625. The molecule has 2 nitrogen and oxygen atoms in total. The zero-order valence-electron chi connectivity index (χ0n) is 5.56. The van der Waals surface area contributed by atoms with Crippen LogP contribution in [0.4, 0.5) is 0 Å². The van der Waals surface area contributed by atoms with Crippen molar-refractivity contribution < 1.29 is 16.5 Å². The molecule has 1 heterocycles. The Labute approximate surface area is 78.2 Å². The maximum atomic E-state index is 5.37. The molecule has 0 radical (unpaired) electrons. The van der Waals surface area contributed by atoms with Crippen LogP contribution in [0.1, 0.15) is 12.8 Å². The summed E-state index contributed by atoms with van der Waals surface area (Å²) < 4.78 is 0. The number of halogens is 2. The summed E-state index contributed by atoms with van der Waals surface area (Å²) in [5, 5.41) is 3.28.